The van der Waals surface area contributed by atoms with Crippen LogP contribution in [0.15, 0.2) is 24.3 Å². The van der Waals surface area contributed by atoms with E-state index in [-0.39, 0.29) is 5.11 Å². The van der Waals surface area contributed by atoms with Crippen LogP contribution >= 0.6 is 47.0 Å². The van der Waals surface area contributed by atoms with Crippen molar-refractivity contribution in [1.82, 2.24) is 5.32 Å². The van der Waals surface area contributed by atoms with Gasteiger partial charge >= 0.3 is 0 Å². The Bertz CT molecular complexity index is 445. The van der Waals surface area contributed by atoms with Gasteiger partial charge in [-0.25, -0.2) is 0 Å². The second-order valence-electron chi connectivity index (χ2n) is 3.22. The fraction of sp³-hybridized carbons (Fsp3) is 0.200. The fourth-order valence-electron chi connectivity index (χ4n) is 1.04. The minimum absolute atomic E-state index is 0.0793. The number of carbonyl (C=O) groups is 1. The van der Waals surface area contributed by atoms with Crippen molar-refractivity contribution in [2.45, 2.75) is 10.7 Å². The monoisotopic (exact) mass is 310 g/mol. The molecule has 1 aromatic carbocycles. The van der Waals surface area contributed by atoms with Crippen LogP contribution < -0.4 is 10.6 Å². The van der Waals surface area contributed by atoms with E-state index in [1.165, 1.54) is 0 Å². The second kappa shape index (κ2) is 5.87. The van der Waals surface area contributed by atoms with Crippen molar-refractivity contribution in [3.05, 3.63) is 29.8 Å². The SMILES string of the molecule is Cc1ccccc1NC(=S)NC(=O)C(Cl)(Cl)Cl. The molecule has 0 saturated heterocycles. The predicted octanol–water partition coefficient (Wildman–Crippen LogP) is 3.18. The number of thiocarbonyl (C=S) groups is 1. The Balaban J connectivity index is 2.63. The fourth-order valence-corrected chi connectivity index (χ4v) is 1.39. The highest BCUT2D eigenvalue weighted by Gasteiger charge is 2.31. The molecule has 17 heavy (non-hydrogen) atoms. The maximum atomic E-state index is 11.3. The lowest BCUT2D eigenvalue weighted by molar-refractivity contribution is -0.118. The van der Waals surface area contributed by atoms with Gasteiger partial charge in [0.1, 0.15) is 0 Å². The standard InChI is InChI=1S/C10H9Cl3N2OS/c1-6-4-2-3-5-7(6)14-9(17)15-8(16)10(11,12)13/h2-5H,1H3,(H2,14,15,16,17). The number of hydrogen-bond donors (Lipinski definition) is 2. The molecule has 0 aromatic heterocycles. The molecule has 3 nitrogen and oxygen atoms in total. The molecule has 0 atom stereocenters. The third-order valence-electron chi connectivity index (χ3n) is 1.88. The van der Waals surface area contributed by atoms with Gasteiger partial charge in [0.2, 0.25) is 0 Å². The van der Waals surface area contributed by atoms with E-state index in [4.69, 9.17) is 47.0 Å². The molecule has 0 aliphatic carbocycles. The average Bonchev–Trinajstić information content (AvgIpc) is 2.20. The Kier molecular flexibility index (Phi) is 5.01. The molecule has 0 heterocycles. The van der Waals surface area contributed by atoms with Crippen LogP contribution in [-0.2, 0) is 4.79 Å². The Hall–Kier alpha value is -0.550. The summed E-state index contributed by atoms with van der Waals surface area (Å²) in [5.74, 6) is -0.798. The van der Waals surface area contributed by atoms with E-state index in [0.717, 1.165) is 11.3 Å². The number of rotatable bonds is 1. The molecule has 0 saturated carbocycles. The smallest absolute Gasteiger partial charge is 0.278 e. The van der Waals surface area contributed by atoms with Gasteiger partial charge in [-0.3, -0.25) is 10.1 Å². The molecular formula is C10H9Cl3N2OS. The topological polar surface area (TPSA) is 41.1 Å². The van der Waals surface area contributed by atoms with Gasteiger partial charge in [0, 0.05) is 5.69 Å². The number of para-hydroxylation sites is 1. The molecule has 2 N–H and O–H groups in total. The lowest BCUT2D eigenvalue weighted by atomic mass is 10.2. The van der Waals surface area contributed by atoms with Crippen molar-refractivity contribution < 1.29 is 4.79 Å². The Morgan fingerprint density at radius 1 is 1.29 bits per heavy atom. The van der Waals surface area contributed by atoms with E-state index in [9.17, 15) is 4.79 Å². The van der Waals surface area contributed by atoms with Crippen molar-refractivity contribution in [1.29, 1.82) is 0 Å². The summed E-state index contributed by atoms with van der Waals surface area (Å²) in [6, 6.07) is 7.46. The van der Waals surface area contributed by atoms with Crippen LogP contribution in [0.1, 0.15) is 5.56 Å². The molecule has 0 aliphatic heterocycles. The first-order valence-electron chi connectivity index (χ1n) is 4.55. The van der Waals surface area contributed by atoms with Crippen LogP contribution in [-0.4, -0.2) is 14.8 Å². The van der Waals surface area contributed by atoms with E-state index < -0.39 is 9.70 Å². The van der Waals surface area contributed by atoms with Gasteiger partial charge in [0.15, 0.2) is 5.11 Å². The lowest BCUT2D eigenvalue weighted by Gasteiger charge is -2.14. The zero-order valence-electron chi connectivity index (χ0n) is 8.76. The van der Waals surface area contributed by atoms with E-state index >= 15 is 0 Å². The Labute approximate surface area is 119 Å². The maximum absolute atomic E-state index is 11.3. The number of carbonyl (C=O) groups excluding carboxylic acids is 1. The summed E-state index contributed by atoms with van der Waals surface area (Å²) in [6.45, 7) is 1.90. The highest BCUT2D eigenvalue weighted by Crippen LogP contribution is 2.25. The minimum atomic E-state index is -2.03. The number of amides is 1. The first kappa shape index (κ1) is 14.5. The summed E-state index contributed by atoms with van der Waals surface area (Å²) in [7, 11) is 0. The summed E-state index contributed by atoms with van der Waals surface area (Å²) < 4.78 is -2.03. The number of anilines is 1. The van der Waals surface area contributed by atoms with Crippen LogP contribution in [0.25, 0.3) is 0 Å². The highest BCUT2D eigenvalue weighted by molar-refractivity contribution is 7.80. The van der Waals surface area contributed by atoms with Crippen molar-refractivity contribution in [2.75, 3.05) is 5.32 Å². The Morgan fingerprint density at radius 2 is 1.88 bits per heavy atom. The molecule has 92 valence electrons. The third kappa shape index (κ3) is 4.68. The van der Waals surface area contributed by atoms with Crippen LogP contribution in [0.5, 0.6) is 0 Å². The van der Waals surface area contributed by atoms with Gasteiger partial charge in [-0.2, -0.15) is 0 Å². The average molecular weight is 312 g/mol. The first-order valence-corrected chi connectivity index (χ1v) is 6.09. The molecule has 0 aliphatic rings. The molecule has 1 amide bonds. The van der Waals surface area contributed by atoms with Gasteiger partial charge < -0.3 is 5.32 Å². The quantitative estimate of drug-likeness (QED) is 0.618. The van der Waals surface area contributed by atoms with Crippen molar-refractivity contribution >= 4 is 63.7 Å². The van der Waals surface area contributed by atoms with Gasteiger partial charge in [-0.1, -0.05) is 53.0 Å². The van der Waals surface area contributed by atoms with Gasteiger partial charge in [-0.15, -0.1) is 0 Å². The molecule has 7 heteroatoms. The third-order valence-corrected chi connectivity index (χ3v) is 2.60. The zero-order chi connectivity index (χ0) is 13.1. The number of benzene rings is 1. The summed E-state index contributed by atoms with van der Waals surface area (Å²) in [5, 5.41) is 5.20. The molecule has 0 spiro atoms. The summed E-state index contributed by atoms with van der Waals surface area (Å²) in [5.41, 5.74) is 1.76. The van der Waals surface area contributed by atoms with Crippen molar-refractivity contribution in [3.63, 3.8) is 0 Å². The lowest BCUT2D eigenvalue weighted by Crippen LogP contribution is -2.41. The normalized spacial score (nSPS) is 10.8. The minimum Gasteiger partial charge on any atom is -0.332 e. The van der Waals surface area contributed by atoms with E-state index in [1.807, 2.05) is 31.2 Å². The van der Waals surface area contributed by atoms with Crippen LogP contribution in [0.2, 0.25) is 0 Å². The van der Waals surface area contributed by atoms with Gasteiger partial charge in [-0.05, 0) is 30.8 Å². The van der Waals surface area contributed by atoms with E-state index in [2.05, 4.69) is 10.6 Å². The zero-order valence-corrected chi connectivity index (χ0v) is 11.8. The molecule has 0 unspecified atom stereocenters. The molecule has 1 rings (SSSR count). The highest BCUT2D eigenvalue weighted by atomic mass is 35.6. The van der Waals surface area contributed by atoms with Crippen molar-refractivity contribution in [3.8, 4) is 0 Å². The molecule has 0 bridgehead atoms. The summed E-state index contributed by atoms with van der Waals surface area (Å²) >= 11 is 21.1. The number of nitrogens with one attached hydrogen (secondary N) is 2. The summed E-state index contributed by atoms with van der Waals surface area (Å²) in [4.78, 5) is 11.3. The molecule has 1 aromatic rings. The van der Waals surface area contributed by atoms with E-state index in [1.54, 1.807) is 0 Å². The first-order chi connectivity index (χ1) is 7.80. The second-order valence-corrected chi connectivity index (χ2v) is 5.91. The largest absolute Gasteiger partial charge is 0.332 e. The summed E-state index contributed by atoms with van der Waals surface area (Å²) in [6.07, 6.45) is 0. The predicted molar refractivity (Wildman–Crippen MR) is 75.8 cm³/mol. The van der Waals surface area contributed by atoms with E-state index in [0.29, 0.717) is 0 Å². The van der Waals surface area contributed by atoms with Crippen LogP contribution in [0.3, 0.4) is 0 Å². The number of alkyl halides is 3. The van der Waals surface area contributed by atoms with Crippen LogP contribution in [0, 0.1) is 6.92 Å². The molecular weight excluding hydrogens is 303 g/mol. The molecule has 0 fully saturated rings. The molecule has 0 radical (unpaired) electrons. The van der Waals surface area contributed by atoms with Gasteiger partial charge in [0.25, 0.3) is 9.70 Å². The number of hydrogen-bond acceptors (Lipinski definition) is 2. The Morgan fingerprint density at radius 3 is 2.41 bits per heavy atom. The van der Waals surface area contributed by atoms with Gasteiger partial charge in [0.05, 0.1) is 0 Å². The number of halogens is 3. The van der Waals surface area contributed by atoms with Crippen LogP contribution in [0.4, 0.5) is 5.69 Å². The van der Waals surface area contributed by atoms with Crippen molar-refractivity contribution in [2.24, 2.45) is 0 Å². The maximum Gasteiger partial charge on any atom is 0.278 e. The number of aryl methyl sites for hydroxylation is 1.